The Labute approximate surface area is 170 Å². The molecule has 1 N–H and O–H groups in total. The molecule has 2 heterocycles. The van der Waals surface area contributed by atoms with Gasteiger partial charge in [-0.3, -0.25) is 0 Å². The van der Waals surface area contributed by atoms with E-state index in [9.17, 15) is 9.90 Å². The van der Waals surface area contributed by atoms with Gasteiger partial charge >= 0.3 is 5.97 Å². The number of carboxylic acids is 1. The molecule has 0 fully saturated rings. The Bertz CT molecular complexity index is 1020. The number of carbonyl (C=O) groups is 1. The summed E-state index contributed by atoms with van der Waals surface area (Å²) in [4.78, 5) is 13.4. The number of hydrogen-bond donors (Lipinski definition) is 1. The minimum atomic E-state index is -1.14. The first kappa shape index (κ1) is 20.3. The summed E-state index contributed by atoms with van der Waals surface area (Å²) in [6, 6.07) is 8.57. The quantitative estimate of drug-likeness (QED) is 0.431. The molecule has 0 aliphatic rings. The third-order valence-corrected chi connectivity index (χ3v) is 4.59. The molecular formula is C19H19N3O6S. The molecule has 3 aromatic rings. The van der Waals surface area contributed by atoms with Crippen molar-refractivity contribution >= 4 is 29.7 Å². The number of ether oxygens (including phenoxy) is 2. The van der Waals surface area contributed by atoms with Crippen LogP contribution >= 0.6 is 11.8 Å². The Kier molecular flexibility index (Phi) is 6.13. The normalized spacial score (nSPS) is 11.4. The van der Waals surface area contributed by atoms with Crippen LogP contribution in [0.25, 0.3) is 17.5 Å². The number of carboxylic acid groups (broad SMARTS) is 1. The third kappa shape index (κ3) is 4.91. The standard InChI is InChI=1S/C19H19N3O6S/c1-22(2)16-6-5-12(27-16)10-15(18(23)24)29-19-21-20-17(28-19)11-7-13(25-3)9-14(8-11)26-4/h5-10H,1-4H3,(H,23,24)/b15-10+. The first-order chi connectivity index (χ1) is 13.9. The molecule has 0 unspecified atom stereocenters. The molecule has 2 aromatic heterocycles. The Balaban J connectivity index is 1.85. The van der Waals surface area contributed by atoms with E-state index in [-0.39, 0.29) is 16.0 Å². The van der Waals surface area contributed by atoms with Crippen LogP contribution < -0.4 is 14.4 Å². The van der Waals surface area contributed by atoms with Crippen LogP contribution in [0.5, 0.6) is 11.5 Å². The van der Waals surface area contributed by atoms with E-state index in [1.165, 1.54) is 20.3 Å². The highest BCUT2D eigenvalue weighted by atomic mass is 32.2. The van der Waals surface area contributed by atoms with E-state index in [1.54, 1.807) is 35.2 Å². The second-order valence-corrected chi connectivity index (χ2v) is 6.95. The number of anilines is 1. The van der Waals surface area contributed by atoms with Crippen molar-refractivity contribution in [3.63, 3.8) is 0 Å². The SMILES string of the molecule is COc1cc(OC)cc(-c2nnc(S/C(=C/c3ccc(N(C)C)o3)C(=O)O)o2)c1. The molecule has 0 atom stereocenters. The van der Waals surface area contributed by atoms with Crippen LogP contribution in [-0.4, -0.2) is 49.6 Å². The predicted octanol–water partition coefficient (Wildman–Crippen LogP) is 3.63. The van der Waals surface area contributed by atoms with Crippen molar-refractivity contribution in [2.75, 3.05) is 33.2 Å². The largest absolute Gasteiger partial charge is 0.497 e. The minimum Gasteiger partial charge on any atom is -0.497 e. The van der Waals surface area contributed by atoms with Crippen molar-refractivity contribution in [3.05, 3.63) is 41.0 Å². The lowest BCUT2D eigenvalue weighted by atomic mass is 10.2. The highest BCUT2D eigenvalue weighted by Crippen LogP contribution is 2.33. The fourth-order valence-electron chi connectivity index (χ4n) is 2.32. The van der Waals surface area contributed by atoms with Crippen LogP contribution in [0.15, 0.2) is 49.3 Å². The van der Waals surface area contributed by atoms with Gasteiger partial charge in [-0.1, -0.05) is 0 Å². The maximum Gasteiger partial charge on any atom is 0.342 e. The Hall–Kier alpha value is -3.40. The zero-order valence-corrected chi connectivity index (χ0v) is 17.0. The van der Waals surface area contributed by atoms with Gasteiger partial charge in [-0.15, -0.1) is 10.2 Å². The zero-order valence-electron chi connectivity index (χ0n) is 16.2. The molecule has 9 nitrogen and oxygen atoms in total. The number of hydrogen-bond acceptors (Lipinski definition) is 9. The molecule has 0 spiro atoms. The summed E-state index contributed by atoms with van der Waals surface area (Å²) >= 11 is 0.830. The first-order valence-electron chi connectivity index (χ1n) is 8.36. The fraction of sp³-hybridized carbons (Fsp3) is 0.211. The molecule has 1 aromatic carbocycles. The Morgan fingerprint density at radius 1 is 1.10 bits per heavy atom. The average Bonchev–Trinajstić information content (AvgIpc) is 3.36. The number of rotatable bonds is 8. The van der Waals surface area contributed by atoms with Crippen LogP contribution in [0.1, 0.15) is 5.76 Å². The maximum atomic E-state index is 11.6. The summed E-state index contributed by atoms with van der Waals surface area (Å²) in [5.41, 5.74) is 0.586. The average molecular weight is 417 g/mol. The summed E-state index contributed by atoms with van der Waals surface area (Å²) in [6.45, 7) is 0. The molecule has 0 saturated carbocycles. The summed E-state index contributed by atoms with van der Waals surface area (Å²) in [5, 5.41) is 17.5. The van der Waals surface area contributed by atoms with E-state index in [2.05, 4.69) is 10.2 Å². The zero-order chi connectivity index (χ0) is 21.0. The topological polar surface area (TPSA) is 111 Å². The molecule has 0 bridgehead atoms. The van der Waals surface area contributed by atoms with Crippen molar-refractivity contribution in [2.45, 2.75) is 5.22 Å². The molecule has 29 heavy (non-hydrogen) atoms. The van der Waals surface area contributed by atoms with Gasteiger partial charge in [0, 0.05) is 37.9 Å². The van der Waals surface area contributed by atoms with E-state index in [4.69, 9.17) is 18.3 Å². The number of methoxy groups -OCH3 is 2. The fourth-order valence-corrected chi connectivity index (χ4v) is 2.97. The molecule has 10 heteroatoms. The lowest BCUT2D eigenvalue weighted by molar-refractivity contribution is -0.131. The van der Waals surface area contributed by atoms with Gasteiger partial charge in [0.05, 0.1) is 14.2 Å². The van der Waals surface area contributed by atoms with E-state index < -0.39 is 5.97 Å². The van der Waals surface area contributed by atoms with Gasteiger partial charge in [0.25, 0.3) is 5.22 Å². The van der Waals surface area contributed by atoms with Crippen LogP contribution in [0.2, 0.25) is 0 Å². The van der Waals surface area contributed by atoms with Crippen molar-refractivity contribution in [1.82, 2.24) is 10.2 Å². The number of nitrogens with zero attached hydrogens (tertiary/aromatic N) is 3. The minimum absolute atomic E-state index is 0.0249. The van der Waals surface area contributed by atoms with Gasteiger partial charge < -0.3 is 28.3 Å². The van der Waals surface area contributed by atoms with E-state index >= 15 is 0 Å². The summed E-state index contributed by atoms with van der Waals surface area (Å²) in [6.07, 6.45) is 1.40. The summed E-state index contributed by atoms with van der Waals surface area (Å²) < 4.78 is 21.6. The number of benzene rings is 1. The first-order valence-corrected chi connectivity index (χ1v) is 9.18. The van der Waals surface area contributed by atoms with Crippen LogP contribution in [-0.2, 0) is 4.79 Å². The monoisotopic (exact) mass is 417 g/mol. The second kappa shape index (κ2) is 8.74. The molecule has 0 radical (unpaired) electrons. The Morgan fingerprint density at radius 2 is 1.79 bits per heavy atom. The van der Waals surface area contributed by atoms with Crippen LogP contribution in [0, 0.1) is 0 Å². The number of aliphatic carboxylic acids is 1. The molecule has 0 aliphatic carbocycles. The van der Waals surface area contributed by atoms with Gasteiger partial charge in [0.15, 0.2) is 5.88 Å². The van der Waals surface area contributed by atoms with Crippen molar-refractivity contribution in [2.24, 2.45) is 0 Å². The molecule has 0 saturated heterocycles. The molecular weight excluding hydrogens is 398 g/mol. The summed E-state index contributed by atoms with van der Waals surface area (Å²) in [7, 11) is 6.72. The molecule has 3 rings (SSSR count). The molecule has 0 aliphatic heterocycles. The van der Waals surface area contributed by atoms with E-state index in [1.807, 2.05) is 14.1 Å². The smallest absolute Gasteiger partial charge is 0.342 e. The van der Waals surface area contributed by atoms with Crippen LogP contribution in [0.3, 0.4) is 0 Å². The number of furan rings is 1. The molecule has 0 amide bonds. The predicted molar refractivity (Wildman–Crippen MR) is 107 cm³/mol. The van der Waals surface area contributed by atoms with Gasteiger partial charge in [-0.25, -0.2) is 4.79 Å². The third-order valence-electron chi connectivity index (χ3n) is 3.74. The second-order valence-electron chi connectivity index (χ2n) is 5.96. The van der Waals surface area contributed by atoms with Crippen molar-refractivity contribution in [3.8, 4) is 23.0 Å². The lowest BCUT2D eigenvalue weighted by Crippen LogP contribution is -2.06. The van der Waals surface area contributed by atoms with Crippen molar-refractivity contribution < 1.29 is 28.2 Å². The maximum absolute atomic E-state index is 11.6. The van der Waals surface area contributed by atoms with E-state index in [0.29, 0.717) is 28.7 Å². The lowest BCUT2D eigenvalue weighted by Gasteiger charge is -2.06. The van der Waals surface area contributed by atoms with Gasteiger partial charge in [0.2, 0.25) is 5.89 Å². The number of thioether (sulfide) groups is 1. The highest BCUT2D eigenvalue weighted by Gasteiger charge is 2.18. The molecule has 152 valence electrons. The summed E-state index contributed by atoms with van der Waals surface area (Å²) in [5.74, 6) is 1.21. The van der Waals surface area contributed by atoms with Gasteiger partial charge in [-0.2, -0.15) is 0 Å². The van der Waals surface area contributed by atoms with Gasteiger partial charge in [0.1, 0.15) is 22.2 Å². The Morgan fingerprint density at radius 3 is 2.34 bits per heavy atom. The number of aromatic nitrogens is 2. The van der Waals surface area contributed by atoms with Crippen molar-refractivity contribution in [1.29, 1.82) is 0 Å². The van der Waals surface area contributed by atoms with Crippen LogP contribution in [0.4, 0.5) is 5.88 Å². The van der Waals surface area contributed by atoms with E-state index in [0.717, 1.165) is 11.8 Å². The highest BCUT2D eigenvalue weighted by molar-refractivity contribution is 8.03. The van der Waals surface area contributed by atoms with Gasteiger partial charge in [-0.05, 0) is 30.0 Å².